The van der Waals surface area contributed by atoms with Crippen LogP contribution in [0.15, 0.2) is 51.4 Å². The van der Waals surface area contributed by atoms with Crippen LogP contribution in [0.2, 0.25) is 0 Å². The number of methoxy groups -OCH3 is 2. The maximum absolute atomic E-state index is 13.9. The third-order valence-corrected chi connectivity index (χ3v) is 7.70. The molecule has 3 aromatic rings. The van der Waals surface area contributed by atoms with E-state index in [-0.39, 0.29) is 23.5 Å². The van der Waals surface area contributed by atoms with Crippen molar-refractivity contribution in [1.29, 1.82) is 0 Å². The Morgan fingerprint density at radius 3 is 2.58 bits per heavy atom. The topological polar surface area (TPSA) is 109 Å². The van der Waals surface area contributed by atoms with Crippen molar-refractivity contribution in [2.75, 3.05) is 27.4 Å². The largest absolute Gasteiger partial charge is 0.504 e. The summed E-state index contributed by atoms with van der Waals surface area (Å²) in [6.07, 6.45) is 1.71. The molecule has 2 heterocycles. The Labute approximate surface area is 236 Å². The van der Waals surface area contributed by atoms with Crippen LogP contribution in [0.3, 0.4) is 0 Å². The Morgan fingerprint density at radius 1 is 1.18 bits per heavy atom. The number of hydrogen-bond acceptors (Lipinski definition) is 9. The average Bonchev–Trinajstić information content (AvgIpc) is 3.19. The van der Waals surface area contributed by atoms with Crippen molar-refractivity contribution in [1.82, 2.24) is 4.57 Å². The van der Waals surface area contributed by atoms with Crippen LogP contribution in [-0.4, -0.2) is 43.1 Å². The van der Waals surface area contributed by atoms with Crippen molar-refractivity contribution in [3.8, 4) is 23.0 Å². The summed E-state index contributed by atoms with van der Waals surface area (Å²) in [6.45, 7) is 5.83. The average molecular weight is 650 g/mol. The maximum Gasteiger partial charge on any atom is 0.338 e. The molecule has 1 N–H and O–H groups in total. The van der Waals surface area contributed by atoms with Gasteiger partial charge in [0.25, 0.3) is 5.56 Å². The Kier molecular flexibility index (Phi) is 8.46. The van der Waals surface area contributed by atoms with E-state index in [1.54, 1.807) is 50.3 Å². The number of allylic oxidation sites excluding steroid dienone is 1. The van der Waals surface area contributed by atoms with Crippen LogP contribution in [0, 0.1) is 3.57 Å². The van der Waals surface area contributed by atoms with Crippen molar-refractivity contribution >= 4 is 46.0 Å². The summed E-state index contributed by atoms with van der Waals surface area (Å²) >= 11 is 3.21. The lowest BCUT2D eigenvalue weighted by molar-refractivity contribution is -0.139. The van der Waals surface area contributed by atoms with E-state index in [1.807, 2.05) is 29.5 Å². The highest BCUT2D eigenvalue weighted by Crippen LogP contribution is 2.41. The minimum absolute atomic E-state index is 0.0305. The van der Waals surface area contributed by atoms with E-state index in [0.29, 0.717) is 53.6 Å². The smallest absolute Gasteiger partial charge is 0.338 e. The number of fused-ring (bicyclic) bond motifs is 1. The van der Waals surface area contributed by atoms with Gasteiger partial charge in [-0.15, -0.1) is 0 Å². The number of hydrogen-bond donors (Lipinski definition) is 1. The number of carbonyl (C=O) groups excluding carboxylic acids is 1. The molecule has 0 saturated heterocycles. The lowest BCUT2D eigenvalue weighted by atomic mass is 9.94. The zero-order valence-corrected chi connectivity index (χ0v) is 24.5. The van der Waals surface area contributed by atoms with E-state index in [1.165, 1.54) is 30.1 Å². The molecule has 1 aromatic heterocycles. The number of halogens is 1. The molecular weight excluding hydrogens is 623 g/mol. The summed E-state index contributed by atoms with van der Waals surface area (Å²) in [4.78, 5) is 32.2. The van der Waals surface area contributed by atoms with Gasteiger partial charge < -0.3 is 24.1 Å². The first-order valence-electron chi connectivity index (χ1n) is 11.8. The molecule has 0 spiro atoms. The van der Waals surface area contributed by atoms with Gasteiger partial charge in [0, 0.05) is 5.56 Å². The fourth-order valence-corrected chi connectivity index (χ4v) is 5.95. The van der Waals surface area contributed by atoms with Crippen LogP contribution in [0.1, 0.15) is 37.9 Å². The Morgan fingerprint density at radius 2 is 1.92 bits per heavy atom. The lowest BCUT2D eigenvalue weighted by Crippen LogP contribution is -2.40. The molecule has 0 fully saturated rings. The van der Waals surface area contributed by atoms with Crippen LogP contribution >= 0.6 is 33.9 Å². The molecular formula is C27H27IN2O7S. The molecule has 38 heavy (non-hydrogen) atoms. The number of phenolic OH excluding ortho intramolecular Hbond substituents is 1. The highest BCUT2D eigenvalue weighted by molar-refractivity contribution is 14.1. The second kappa shape index (κ2) is 11.6. The minimum atomic E-state index is -0.849. The molecule has 200 valence electrons. The number of carbonyl (C=O) groups is 1. The number of thiazole rings is 1. The van der Waals surface area contributed by atoms with Crippen LogP contribution < -0.4 is 29.1 Å². The van der Waals surface area contributed by atoms with Crippen molar-refractivity contribution in [2.45, 2.75) is 26.8 Å². The highest BCUT2D eigenvalue weighted by atomic mass is 127. The third kappa shape index (κ3) is 5.04. The molecule has 4 rings (SSSR count). The number of nitrogens with zero attached hydrogens (tertiary/aromatic N) is 2. The zero-order valence-electron chi connectivity index (χ0n) is 21.5. The molecule has 0 radical (unpaired) electrons. The number of benzene rings is 2. The summed E-state index contributed by atoms with van der Waals surface area (Å²) in [6, 6.07) is 7.91. The standard InChI is InChI=1S/C27H27IN2O7S/c1-6-36-24-16(9-8-10-18(24)34-4)22-21(26(33)37-7-2)14(3)29-27-30(22)25(32)20(38-27)13-15-11-17(28)23(31)19(12-15)35-5/h8-13,22,31H,6-7H2,1-5H3/b20-13+/t22-/m1/s1. The number of ether oxygens (including phenoxy) is 4. The molecule has 0 bridgehead atoms. The molecule has 0 saturated carbocycles. The monoisotopic (exact) mass is 650 g/mol. The summed E-state index contributed by atoms with van der Waals surface area (Å²) in [5.74, 6) is 0.687. The highest BCUT2D eigenvalue weighted by Gasteiger charge is 2.36. The van der Waals surface area contributed by atoms with E-state index in [0.717, 1.165) is 0 Å². The van der Waals surface area contributed by atoms with Gasteiger partial charge in [-0.1, -0.05) is 23.5 Å². The summed E-state index contributed by atoms with van der Waals surface area (Å²) < 4.78 is 24.6. The van der Waals surface area contributed by atoms with E-state index in [2.05, 4.69) is 4.99 Å². The number of rotatable bonds is 8. The van der Waals surface area contributed by atoms with Gasteiger partial charge >= 0.3 is 5.97 Å². The Bertz CT molecular complexity index is 1610. The maximum atomic E-state index is 13.9. The second-order valence-electron chi connectivity index (χ2n) is 8.17. The second-order valence-corrected chi connectivity index (χ2v) is 10.3. The molecule has 1 aliphatic heterocycles. The van der Waals surface area contributed by atoms with Gasteiger partial charge in [-0.05, 0) is 73.2 Å². The number of phenols is 1. The lowest BCUT2D eigenvalue weighted by Gasteiger charge is -2.26. The number of esters is 1. The van der Waals surface area contributed by atoms with Gasteiger partial charge in [-0.2, -0.15) is 0 Å². The van der Waals surface area contributed by atoms with E-state index >= 15 is 0 Å². The quantitative estimate of drug-likeness (QED) is 0.294. The van der Waals surface area contributed by atoms with Crippen LogP contribution in [0.4, 0.5) is 0 Å². The summed E-state index contributed by atoms with van der Waals surface area (Å²) in [7, 11) is 3.00. The van der Waals surface area contributed by atoms with Gasteiger partial charge in [-0.25, -0.2) is 9.79 Å². The Hall–Kier alpha value is -3.32. The van der Waals surface area contributed by atoms with Crippen molar-refractivity contribution in [2.24, 2.45) is 4.99 Å². The Balaban J connectivity index is 2.02. The predicted molar refractivity (Wildman–Crippen MR) is 152 cm³/mol. The van der Waals surface area contributed by atoms with Crippen molar-refractivity contribution < 1.29 is 28.8 Å². The molecule has 11 heteroatoms. The number of aromatic nitrogens is 1. The predicted octanol–water partition coefficient (Wildman–Crippen LogP) is 3.52. The van der Waals surface area contributed by atoms with Crippen LogP contribution in [0.25, 0.3) is 6.08 Å². The van der Waals surface area contributed by atoms with Gasteiger partial charge in [0.15, 0.2) is 27.8 Å². The number of aromatic hydroxyl groups is 1. The molecule has 2 aromatic carbocycles. The first-order chi connectivity index (χ1) is 18.2. The van der Waals surface area contributed by atoms with Gasteiger partial charge in [0.05, 0.1) is 46.8 Å². The fraction of sp³-hybridized carbons (Fsp3) is 0.296. The molecule has 1 aliphatic rings. The van der Waals surface area contributed by atoms with E-state index in [9.17, 15) is 14.7 Å². The fourth-order valence-electron chi connectivity index (χ4n) is 4.28. The first-order valence-corrected chi connectivity index (χ1v) is 13.7. The van der Waals surface area contributed by atoms with Crippen LogP contribution in [-0.2, 0) is 9.53 Å². The molecule has 0 amide bonds. The number of para-hydroxylation sites is 1. The zero-order chi connectivity index (χ0) is 27.6. The van der Waals surface area contributed by atoms with E-state index in [4.69, 9.17) is 18.9 Å². The normalized spacial score (nSPS) is 15.1. The van der Waals surface area contributed by atoms with Gasteiger partial charge in [0.1, 0.15) is 6.04 Å². The third-order valence-electron chi connectivity index (χ3n) is 5.90. The molecule has 9 nitrogen and oxygen atoms in total. The molecule has 1 atom stereocenters. The van der Waals surface area contributed by atoms with E-state index < -0.39 is 12.0 Å². The SMILES string of the molecule is CCOC(=O)C1=C(C)N=c2s/c(=C/c3cc(I)c(O)c(OC)c3)c(=O)n2[C@@H]1c1cccc(OC)c1OCC. The first kappa shape index (κ1) is 27.7. The van der Waals surface area contributed by atoms with Crippen molar-refractivity contribution in [3.63, 3.8) is 0 Å². The summed E-state index contributed by atoms with van der Waals surface area (Å²) in [5.41, 5.74) is 1.62. The summed E-state index contributed by atoms with van der Waals surface area (Å²) in [5, 5.41) is 10.2. The van der Waals surface area contributed by atoms with Crippen molar-refractivity contribution in [3.05, 3.63) is 76.0 Å². The minimum Gasteiger partial charge on any atom is -0.504 e. The molecule has 0 unspecified atom stereocenters. The van der Waals surface area contributed by atoms with Crippen LogP contribution in [0.5, 0.6) is 23.0 Å². The van der Waals surface area contributed by atoms with Gasteiger partial charge in [-0.3, -0.25) is 9.36 Å². The molecule has 0 aliphatic carbocycles. The van der Waals surface area contributed by atoms with Gasteiger partial charge in [0.2, 0.25) is 0 Å².